The number of hydrogen-bond donors (Lipinski definition) is 4. The quantitative estimate of drug-likeness (QED) is 0.0519. The smallest absolute Gasteiger partial charge is 0.266 e. The van der Waals surface area contributed by atoms with E-state index >= 15 is 0 Å². The molecule has 30 nitrogen and oxygen atoms in total. The molecule has 5 amide bonds. The summed E-state index contributed by atoms with van der Waals surface area (Å²) in [5, 5.41) is 0.476. The fraction of sp³-hybridized carbons (Fsp3) is 0.439. The first-order valence-electron chi connectivity index (χ1n) is 45.4. The average molecular weight is 1950 g/mol. The summed E-state index contributed by atoms with van der Waals surface area (Å²) in [5.74, 6) is -1.01. The maximum atomic E-state index is 13.6. The van der Waals surface area contributed by atoms with Crippen molar-refractivity contribution in [1.82, 2.24) is 47.3 Å². The van der Waals surface area contributed by atoms with E-state index in [1.165, 1.54) is 4.31 Å². The van der Waals surface area contributed by atoms with Crippen molar-refractivity contribution < 1.29 is 66.1 Å². The largest absolute Gasteiger partial charge is 0.350 e. The SMILES string of the molecule is CCN(c1ccccc1)S(=O)(=O)c1c(C(=O)N2CCCC2)c(C)n(C)c1C.Cc1c(Cl)cccc1NS(=O)(=O)c1c(C(=O)N2CCCC2)c(C)n(C)c1C.Cc1ccc(C)c(NS(=O)(=O)c2c(C(=O)N3CCCC3)c(C)n(C)c2C)c1.Cc1ccc(NS(=O)(=O)c2c(C(=O)N3CCCC3)c(C)n(C)c2C)cc1.Cc1cccc(C)c1NS(=O)(=O)c1c(C(=O)N2CCCC2)c(C)n(C)c1C. The number of likely N-dealkylation sites (tertiary alicyclic amines) is 5. The summed E-state index contributed by atoms with van der Waals surface area (Å²) in [6, 6.07) is 32.4. The summed E-state index contributed by atoms with van der Waals surface area (Å²) in [6.07, 6.45) is 9.56. The van der Waals surface area contributed by atoms with Crippen molar-refractivity contribution in [3.63, 3.8) is 0 Å². The molecule has 0 unspecified atom stereocenters. The molecular formula is C98H130ClN15O15S5. The number of aromatic nitrogens is 5. The summed E-state index contributed by atoms with van der Waals surface area (Å²) < 4.78 is 154. The third-order valence-corrected chi connectivity index (χ3v) is 35.4. The molecule has 5 aromatic carbocycles. The molecule has 0 radical (unpaired) electrons. The molecule has 5 saturated heterocycles. The Morgan fingerprint density at radius 3 is 0.940 bits per heavy atom. The van der Waals surface area contributed by atoms with Gasteiger partial charge in [0.05, 0.1) is 50.6 Å². The van der Waals surface area contributed by atoms with Crippen LogP contribution in [0.25, 0.3) is 0 Å². The first-order chi connectivity index (χ1) is 62.9. The van der Waals surface area contributed by atoms with Gasteiger partial charge in [0, 0.05) is 175 Å². The molecule has 10 heterocycles. The van der Waals surface area contributed by atoms with E-state index in [1.807, 2.05) is 109 Å². The zero-order valence-corrected chi connectivity index (χ0v) is 86.0. The van der Waals surface area contributed by atoms with Crippen LogP contribution in [0.15, 0.2) is 134 Å². The van der Waals surface area contributed by atoms with Gasteiger partial charge in [-0.05, 0) is 252 Å². The zero-order chi connectivity index (χ0) is 98.6. The van der Waals surface area contributed by atoms with E-state index < -0.39 is 50.1 Å². The van der Waals surface area contributed by atoms with Crippen LogP contribution < -0.4 is 23.2 Å². The second-order valence-electron chi connectivity index (χ2n) is 35.5. The normalized spacial score (nSPS) is 14.6. The minimum atomic E-state index is -3.97. The van der Waals surface area contributed by atoms with Crippen LogP contribution in [0.3, 0.4) is 0 Å². The highest BCUT2D eigenvalue weighted by molar-refractivity contribution is 7.94. The van der Waals surface area contributed by atoms with E-state index in [1.54, 1.807) is 200 Å². The molecule has 0 saturated carbocycles. The number of anilines is 5. The van der Waals surface area contributed by atoms with E-state index in [-0.39, 0.29) is 82.8 Å². The molecule has 15 rings (SSSR count). The first-order valence-corrected chi connectivity index (χ1v) is 53.1. The van der Waals surface area contributed by atoms with Gasteiger partial charge in [0.1, 0.15) is 24.5 Å². The second kappa shape index (κ2) is 42.0. The van der Waals surface area contributed by atoms with Gasteiger partial charge in [0.15, 0.2) is 0 Å². The van der Waals surface area contributed by atoms with Crippen molar-refractivity contribution in [2.75, 3.05) is 95.2 Å². The predicted octanol–water partition coefficient (Wildman–Crippen LogP) is 16.3. The third kappa shape index (κ3) is 21.4. The molecule has 5 fully saturated rings. The number of carbonyl (C=O) groups excluding carboxylic acids is 5. The summed E-state index contributed by atoms with van der Waals surface area (Å²) in [6.45, 7) is 37.7. The fourth-order valence-corrected chi connectivity index (χ4v) is 26.7. The standard InChI is InChI=1S/3C20H27N3O3S.C19H24ClN3O3S.C19H25N3O3S/c1-13-9-8-10-14(2)18(13)21-27(25,26)19-16(4)22(5)15(3)17(19)20(24)23-11-6-7-12-23;1-13-8-9-14(2)17(12-13)21-27(25,26)19-16(4)22(5)15(3)18(19)20(24)23-10-6-7-11-23;1-5-23(17-11-7-6-8-12-17)27(25,26)19-16(3)21(4)15(2)18(19)20(24)22-13-9-10-14-22;1-12-15(20)8-7-9-16(12)21-27(25,26)18-14(3)22(4)13(2)17(18)19(24)23-10-5-6-11-23;1-13-7-9-16(10-8-13)20-26(24,25)18-15(3)21(4)14(2)17(18)19(23)22-11-5-6-12-22/h8-10,21H,6-7,11-12H2,1-5H3;8-9,12,21H,6-7,10-11H2,1-5H3;6-8,11-12H,5,9-10,13-14H2,1-4H3;7-9,21H,5-6,10-11H2,1-4H3;7-10,20H,5-6,11-12H2,1-4H3. The van der Waals surface area contributed by atoms with Crippen LogP contribution in [0.1, 0.15) is 213 Å². The molecule has 5 aliphatic rings. The van der Waals surface area contributed by atoms with Gasteiger partial charge in [-0.25, -0.2) is 42.1 Å². The van der Waals surface area contributed by atoms with Gasteiger partial charge < -0.3 is 47.3 Å². The lowest BCUT2D eigenvalue weighted by Gasteiger charge is -2.24. The van der Waals surface area contributed by atoms with Gasteiger partial charge >= 0.3 is 0 Å². The van der Waals surface area contributed by atoms with E-state index in [4.69, 9.17) is 11.6 Å². The molecule has 134 heavy (non-hydrogen) atoms. The number of aryl methyl sites for hydroxylation is 5. The van der Waals surface area contributed by atoms with Crippen LogP contribution in [0, 0.1) is 111 Å². The first kappa shape index (κ1) is 103. The van der Waals surface area contributed by atoms with E-state index in [0.29, 0.717) is 167 Å². The molecule has 5 aliphatic heterocycles. The number of hydrogen-bond acceptors (Lipinski definition) is 15. The van der Waals surface area contributed by atoms with Crippen LogP contribution in [0.5, 0.6) is 0 Å². The van der Waals surface area contributed by atoms with Gasteiger partial charge in [-0.1, -0.05) is 83.9 Å². The Hall–Kier alpha value is -11.1. The highest BCUT2D eigenvalue weighted by Crippen LogP contribution is 2.39. The number of rotatable bonds is 21. The van der Waals surface area contributed by atoms with Crippen molar-refractivity contribution >= 4 is 120 Å². The number of halogens is 1. The second-order valence-corrected chi connectivity index (χ2v) is 44.1. The Balaban J connectivity index is 0.000000161. The van der Waals surface area contributed by atoms with Crippen molar-refractivity contribution in [2.24, 2.45) is 35.2 Å². The molecular weight excluding hydrogens is 1820 g/mol. The molecule has 0 spiro atoms. The van der Waals surface area contributed by atoms with E-state index in [9.17, 15) is 66.1 Å². The lowest BCUT2D eigenvalue weighted by atomic mass is 10.1. The van der Waals surface area contributed by atoms with Crippen LogP contribution in [-0.4, -0.2) is 191 Å². The van der Waals surface area contributed by atoms with Crippen LogP contribution in [0.4, 0.5) is 28.4 Å². The monoisotopic (exact) mass is 1950 g/mol. The number of sulfonamides is 5. The average Bonchev–Trinajstić information content (AvgIpc) is 1.59. The molecule has 0 aliphatic carbocycles. The molecule has 0 atom stereocenters. The number of benzene rings is 5. The number of carbonyl (C=O) groups is 5. The molecule has 10 aromatic rings. The van der Waals surface area contributed by atoms with Crippen molar-refractivity contribution in [1.29, 1.82) is 0 Å². The van der Waals surface area contributed by atoms with E-state index in [0.717, 1.165) is 92.0 Å². The maximum Gasteiger partial charge on any atom is 0.266 e. The summed E-state index contributed by atoms with van der Waals surface area (Å²) in [7, 11) is -10.6. The number of nitrogens with zero attached hydrogens (tertiary/aromatic N) is 11. The minimum absolute atomic E-state index is 0.0405. The van der Waals surface area contributed by atoms with Gasteiger partial charge in [-0.2, -0.15) is 0 Å². The molecule has 724 valence electrons. The molecule has 5 aromatic heterocycles. The summed E-state index contributed by atoms with van der Waals surface area (Å²) in [5.41, 5.74) is 15.3. The lowest BCUT2D eigenvalue weighted by molar-refractivity contribution is 0.0781. The highest BCUT2D eigenvalue weighted by Gasteiger charge is 2.42. The fourth-order valence-electron chi connectivity index (χ4n) is 18.0. The van der Waals surface area contributed by atoms with E-state index in [2.05, 4.69) is 18.9 Å². The molecule has 4 N–H and O–H groups in total. The zero-order valence-electron chi connectivity index (χ0n) is 81.2. The van der Waals surface area contributed by atoms with Gasteiger partial charge in [0.2, 0.25) is 0 Å². The van der Waals surface area contributed by atoms with Crippen molar-refractivity contribution in [3.05, 3.63) is 232 Å². The van der Waals surface area contributed by atoms with Gasteiger partial charge in [0.25, 0.3) is 79.7 Å². The topological polar surface area (TPSA) is 348 Å². The third-order valence-electron chi connectivity index (χ3n) is 26.8. The van der Waals surface area contributed by atoms with Crippen molar-refractivity contribution in [2.45, 2.75) is 206 Å². The Kier molecular flexibility index (Phi) is 32.4. The molecule has 0 bridgehead atoms. The number of amides is 5. The predicted molar refractivity (Wildman–Crippen MR) is 529 cm³/mol. The summed E-state index contributed by atoms with van der Waals surface area (Å²) >= 11 is 6.12. The Labute approximate surface area is 796 Å². The summed E-state index contributed by atoms with van der Waals surface area (Å²) in [4.78, 5) is 74.6. The number of para-hydroxylation sites is 2. The van der Waals surface area contributed by atoms with Crippen LogP contribution >= 0.6 is 11.6 Å². The lowest BCUT2D eigenvalue weighted by Crippen LogP contribution is -2.34. The Bertz CT molecular complexity index is 6630. The van der Waals surface area contributed by atoms with Gasteiger partial charge in [-0.3, -0.25) is 47.2 Å². The van der Waals surface area contributed by atoms with Crippen molar-refractivity contribution in [3.8, 4) is 0 Å². The maximum absolute atomic E-state index is 13.6. The molecule has 36 heteroatoms. The van der Waals surface area contributed by atoms with Crippen LogP contribution in [-0.2, 0) is 85.4 Å². The number of nitrogens with one attached hydrogen (secondary N) is 4. The van der Waals surface area contributed by atoms with Gasteiger partial charge in [-0.15, -0.1) is 0 Å². The van der Waals surface area contributed by atoms with Crippen LogP contribution in [0.2, 0.25) is 5.02 Å². The Morgan fingerprint density at radius 1 is 0.313 bits per heavy atom. The highest BCUT2D eigenvalue weighted by atomic mass is 35.5. The minimum Gasteiger partial charge on any atom is -0.350 e. The Morgan fingerprint density at radius 2 is 0.604 bits per heavy atom.